The molecule has 1 atom stereocenters. The van der Waals surface area contributed by atoms with Crippen molar-refractivity contribution in [2.24, 2.45) is 10.7 Å². The van der Waals surface area contributed by atoms with Crippen molar-refractivity contribution in [1.82, 2.24) is 4.90 Å². The van der Waals surface area contributed by atoms with E-state index in [1.807, 2.05) is 0 Å². The van der Waals surface area contributed by atoms with Crippen LogP contribution in [0, 0.1) is 0 Å². The minimum Gasteiger partial charge on any atom is -0.497 e. The number of ether oxygens (including phenoxy) is 1. The van der Waals surface area contributed by atoms with Crippen LogP contribution in [0.25, 0.3) is 11.1 Å². The summed E-state index contributed by atoms with van der Waals surface area (Å²) in [5, 5.41) is 0. The van der Waals surface area contributed by atoms with Gasteiger partial charge in [-0.1, -0.05) is 37.3 Å². The fourth-order valence-electron chi connectivity index (χ4n) is 4.38. The number of carbonyl (C=O) groups is 1. The van der Waals surface area contributed by atoms with Gasteiger partial charge in [0, 0.05) is 13.1 Å². The largest absolute Gasteiger partial charge is 0.497 e. The molecule has 0 saturated heterocycles. The Morgan fingerprint density at radius 1 is 0.875 bits per heavy atom. The summed E-state index contributed by atoms with van der Waals surface area (Å²) in [5.41, 5.74) is 6.62. The summed E-state index contributed by atoms with van der Waals surface area (Å²) in [4.78, 5) is 19.5. The van der Waals surface area contributed by atoms with E-state index in [0.29, 0.717) is 34.4 Å². The molecule has 1 unspecified atom stereocenters. The molecule has 3 aromatic rings. The Morgan fingerprint density at radius 2 is 1.55 bits per heavy atom. The van der Waals surface area contributed by atoms with E-state index in [-0.39, 0.29) is 23.2 Å². The van der Waals surface area contributed by atoms with Crippen LogP contribution in [0.1, 0.15) is 24.5 Å². The van der Waals surface area contributed by atoms with E-state index in [4.69, 9.17) is 18.8 Å². The fourth-order valence-corrected chi connectivity index (χ4v) is 5.81. The third-order valence-corrected chi connectivity index (χ3v) is 8.02. The van der Waals surface area contributed by atoms with Crippen molar-refractivity contribution in [3.63, 3.8) is 0 Å². The van der Waals surface area contributed by atoms with Crippen molar-refractivity contribution in [3.05, 3.63) is 77.9 Å². The summed E-state index contributed by atoms with van der Waals surface area (Å²) in [6.07, 6.45) is 1.35. The lowest BCUT2D eigenvalue weighted by Crippen LogP contribution is -2.41. The Balaban J connectivity index is 1.83. The molecule has 0 fully saturated rings. The van der Waals surface area contributed by atoms with Crippen LogP contribution in [-0.2, 0) is 30.6 Å². The van der Waals surface area contributed by atoms with Crippen molar-refractivity contribution >= 4 is 32.1 Å². The van der Waals surface area contributed by atoms with E-state index >= 15 is 0 Å². The van der Waals surface area contributed by atoms with Crippen LogP contribution < -0.4 is 18.8 Å². The number of aliphatic imine (C=N–C) groups is 1. The van der Waals surface area contributed by atoms with Crippen molar-refractivity contribution < 1.29 is 34.7 Å². The van der Waals surface area contributed by atoms with Crippen LogP contribution in [0.15, 0.2) is 71.7 Å². The number of hydrogen-bond donors (Lipinski definition) is 1. The van der Waals surface area contributed by atoms with Crippen LogP contribution in [0.5, 0.6) is 17.2 Å². The maximum absolute atomic E-state index is 13.7. The van der Waals surface area contributed by atoms with Crippen LogP contribution in [-0.4, -0.2) is 59.8 Å². The van der Waals surface area contributed by atoms with Gasteiger partial charge in [-0.3, -0.25) is 9.69 Å². The Hall–Kier alpha value is -4.10. The Kier molecular flexibility index (Phi) is 7.81. The molecule has 4 rings (SSSR count). The second-order valence-corrected chi connectivity index (χ2v) is 12.4. The quantitative estimate of drug-likeness (QED) is 0.353. The predicted octanol–water partition coefficient (Wildman–Crippen LogP) is 2.85. The number of methoxy groups -OCH3 is 1. The highest BCUT2D eigenvalue weighted by Crippen LogP contribution is 2.41. The monoisotopic (exact) mass is 587 g/mol. The fraction of sp³-hybridized carbons (Fsp3) is 0.259. The molecule has 3 aromatic carbocycles. The number of nitrogens with two attached hydrogens (primary N) is 1. The molecule has 1 amide bonds. The van der Waals surface area contributed by atoms with Crippen molar-refractivity contribution in [3.8, 4) is 28.4 Å². The van der Waals surface area contributed by atoms with E-state index < -0.39 is 31.7 Å². The molecule has 0 saturated carbocycles. The average Bonchev–Trinajstić information content (AvgIpc) is 3.12. The molecule has 0 aliphatic carbocycles. The summed E-state index contributed by atoms with van der Waals surface area (Å²) in [6, 6.07) is 17.7. The Bertz CT molecular complexity index is 1690. The molecule has 0 aromatic heterocycles. The molecule has 40 heavy (non-hydrogen) atoms. The van der Waals surface area contributed by atoms with Gasteiger partial charge in [0.1, 0.15) is 17.2 Å². The molecule has 0 bridgehead atoms. The van der Waals surface area contributed by atoms with Gasteiger partial charge in [-0.15, -0.1) is 0 Å². The maximum Gasteiger partial charge on any atom is 0.309 e. The molecule has 13 heteroatoms. The number of nitrogens with zero attached hydrogens (tertiary/aromatic N) is 2. The zero-order chi connectivity index (χ0) is 29.3. The Labute approximate surface area is 233 Å². The summed E-state index contributed by atoms with van der Waals surface area (Å²) in [5.74, 6) is -0.0100. The molecule has 0 radical (unpaired) electrons. The molecule has 212 valence electrons. The molecule has 2 N–H and O–H groups in total. The first kappa shape index (κ1) is 28.9. The van der Waals surface area contributed by atoms with E-state index in [2.05, 4.69) is 4.99 Å². The van der Waals surface area contributed by atoms with Gasteiger partial charge in [0.25, 0.3) is 5.91 Å². The number of guanidine groups is 1. The van der Waals surface area contributed by atoms with Crippen molar-refractivity contribution in [2.45, 2.75) is 18.9 Å². The number of rotatable bonds is 10. The molecule has 1 aliphatic heterocycles. The first-order valence-electron chi connectivity index (χ1n) is 12.1. The summed E-state index contributed by atoms with van der Waals surface area (Å²) in [7, 11) is -4.58. The summed E-state index contributed by atoms with van der Waals surface area (Å²) < 4.78 is 63.2. The minimum atomic E-state index is -3.79. The number of carbonyl (C=O) groups excluding carboxylic acids is 1. The maximum atomic E-state index is 13.7. The zero-order valence-corrected chi connectivity index (χ0v) is 24.0. The second-order valence-electron chi connectivity index (χ2n) is 9.18. The predicted molar refractivity (Wildman–Crippen MR) is 150 cm³/mol. The van der Waals surface area contributed by atoms with Crippen LogP contribution in [0.4, 0.5) is 0 Å². The van der Waals surface area contributed by atoms with Gasteiger partial charge in [0.15, 0.2) is 11.5 Å². The standard InChI is InChI=1S/C27H29N3O8S2/c1-5-13-40(34,35)38-22-11-9-20(10-12-22)27(25(31)30(2)26(28)29-27)21-8-6-7-18(14-21)19-15-23(36-3)17-24(16-19)37-39(4,32)33/h6-12,14-17H,5,13H2,1-4H3,(H2,28,29). The third kappa shape index (κ3) is 5.89. The van der Waals surface area contributed by atoms with Gasteiger partial charge in [0.2, 0.25) is 0 Å². The van der Waals surface area contributed by atoms with Crippen molar-refractivity contribution in [2.75, 3.05) is 26.2 Å². The van der Waals surface area contributed by atoms with Crippen LogP contribution >= 0.6 is 0 Å². The lowest BCUT2D eigenvalue weighted by Gasteiger charge is -2.26. The minimum absolute atomic E-state index is 0.00599. The van der Waals surface area contributed by atoms with Crippen LogP contribution in [0.2, 0.25) is 0 Å². The average molecular weight is 588 g/mol. The van der Waals surface area contributed by atoms with Gasteiger partial charge in [-0.2, -0.15) is 16.8 Å². The van der Waals surface area contributed by atoms with Gasteiger partial charge in [-0.25, -0.2) is 4.99 Å². The highest BCUT2D eigenvalue weighted by atomic mass is 32.2. The zero-order valence-electron chi connectivity index (χ0n) is 22.3. The SMILES string of the molecule is CCCS(=O)(=O)Oc1ccc(C2(c3cccc(-c4cc(OC)cc(OS(C)(=O)=O)c4)c3)N=C(N)N(C)C2=O)cc1. The second kappa shape index (κ2) is 10.8. The van der Waals surface area contributed by atoms with E-state index in [1.165, 1.54) is 37.3 Å². The lowest BCUT2D eigenvalue weighted by molar-refractivity contribution is -0.129. The van der Waals surface area contributed by atoms with E-state index in [9.17, 15) is 21.6 Å². The van der Waals surface area contributed by atoms with Crippen LogP contribution in [0.3, 0.4) is 0 Å². The molecule has 0 spiro atoms. The number of benzene rings is 3. The summed E-state index contributed by atoms with van der Waals surface area (Å²) >= 11 is 0. The first-order valence-corrected chi connectivity index (χ1v) is 15.5. The molecular weight excluding hydrogens is 558 g/mol. The number of likely N-dealkylation sites (N-methyl/N-ethyl adjacent to an activating group) is 1. The normalized spacial score (nSPS) is 17.4. The van der Waals surface area contributed by atoms with E-state index in [0.717, 1.165) is 6.26 Å². The van der Waals surface area contributed by atoms with Gasteiger partial charge in [0.05, 0.1) is 19.1 Å². The summed E-state index contributed by atoms with van der Waals surface area (Å²) in [6.45, 7) is 1.73. The topological polar surface area (TPSA) is 155 Å². The van der Waals surface area contributed by atoms with Crippen molar-refractivity contribution in [1.29, 1.82) is 0 Å². The molecular formula is C27H29N3O8S2. The molecule has 1 heterocycles. The lowest BCUT2D eigenvalue weighted by atomic mass is 9.81. The first-order chi connectivity index (χ1) is 18.8. The van der Waals surface area contributed by atoms with Gasteiger partial charge in [-0.05, 0) is 59.0 Å². The number of amides is 1. The highest BCUT2D eigenvalue weighted by Gasteiger charge is 2.49. The smallest absolute Gasteiger partial charge is 0.309 e. The number of hydrogen-bond acceptors (Lipinski definition) is 10. The Morgan fingerprint density at radius 3 is 2.12 bits per heavy atom. The third-order valence-electron chi connectivity index (χ3n) is 6.17. The highest BCUT2D eigenvalue weighted by molar-refractivity contribution is 7.87. The van der Waals surface area contributed by atoms with Gasteiger partial charge < -0.3 is 18.8 Å². The molecule has 11 nitrogen and oxygen atoms in total. The molecule has 1 aliphatic rings. The van der Waals surface area contributed by atoms with E-state index in [1.54, 1.807) is 55.5 Å². The van der Waals surface area contributed by atoms with Gasteiger partial charge >= 0.3 is 20.2 Å².